The maximum atomic E-state index is 5.13. The van der Waals surface area contributed by atoms with Gasteiger partial charge in [0.05, 0.1) is 6.61 Å². The van der Waals surface area contributed by atoms with Gasteiger partial charge in [0.2, 0.25) is 0 Å². The number of aromatic nitrogens is 1. The summed E-state index contributed by atoms with van der Waals surface area (Å²) in [6.07, 6.45) is 1.96. The normalized spacial score (nSPS) is 10.7. The van der Waals surface area contributed by atoms with Gasteiger partial charge in [-0.3, -0.25) is 0 Å². The number of aryl methyl sites for hydroxylation is 1. The Labute approximate surface area is 110 Å². The van der Waals surface area contributed by atoms with Crippen molar-refractivity contribution < 1.29 is 4.74 Å². The van der Waals surface area contributed by atoms with E-state index < -0.39 is 0 Å². The van der Waals surface area contributed by atoms with Gasteiger partial charge in [-0.1, -0.05) is 6.92 Å². The summed E-state index contributed by atoms with van der Waals surface area (Å²) in [4.78, 5) is 6.83. The molecule has 1 heterocycles. The number of rotatable bonds is 8. The van der Waals surface area contributed by atoms with Crippen LogP contribution in [0.4, 0.5) is 5.82 Å². The Balaban J connectivity index is 2.75. The number of methoxy groups -OCH3 is 1. The molecule has 0 saturated heterocycles. The van der Waals surface area contributed by atoms with E-state index in [1.165, 1.54) is 11.1 Å². The third-order valence-electron chi connectivity index (χ3n) is 2.93. The van der Waals surface area contributed by atoms with E-state index in [1.807, 2.05) is 6.20 Å². The molecule has 0 fully saturated rings. The average Bonchev–Trinajstić information content (AvgIpc) is 2.39. The third kappa shape index (κ3) is 4.27. The van der Waals surface area contributed by atoms with Crippen LogP contribution in [0.15, 0.2) is 12.3 Å². The summed E-state index contributed by atoms with van der Waals surface area (Å²) in [6.45, 7) is 10.8. The smallest absolute Gasteiger partial charge is 0.131 e. The molecule has 102 valence electrons. The molecule has 0 unspecified atom stereocenters. The Morgan fingerprint density at radius 1 is 1.39 bits per heavy atom. The van der Waals surface area contributed by atoms with Gasteiger partial charge in [0.15, 0.2) is 0 Å². The lowest BCUT2D eigenvalue weighted by Gasteiger charge is -2.23. The van der Waals surface area contributed by atoms with Gasteiger partial charge in [0.25, 0.3) is 0 Å². The van der Waals surface area contributed by atoms with Crippen LogP contribution in [-0.2, 0) is 11.3 Å². The fourth-order valence-electron chi connectivity index (χ4n) is 1.94. The van der Waals surface area contributed by atoms with Crippen LogP contribution < -0.4 is 10.2 Å². The summed E-state index contributed by atoms with van der Waals surface area (Å²) in [7, 11) is 1.73. The van der Waals surface area contributed by atoms with Crippen LogP contribution in [-0.4, -0.2) is 38.3 Å². The van der Waals surface area contributed by atoms with Crippen LogP contribution in [0.5, 0.6) is 0 Å². The standard InChI is InChI=1S/C14H25N3O/c1-5-15-10-13-9-12(3)14(16-11-13)17(6-2)7-8-18-4/h9,11,15H,5-8,10H2,1-4H3. The highest BCUT2D eigenvalue weighted by molar-refractivity contribution is 5.47. The van der Waals surface area contributed by atoms with Gasteiger partial charge in [-0.2, -0.15) is 0 Å². The molecule has 0 bridgehead atoms. The fourth-order valence-corrected chi connectivity index (χ4v) is 1.94. The minimum absolute atomic E-state index is 0.730. The van der Waals surface area contributed by atoms with Crippen molar-refractivity contribution in [1.29, 1.82) is 0 Å². The highest BCUT2D eigenvalue weighted by Gasteiger charge is 2.09. The van der Waals surface area contributed by atoms with Gasteiger partial charge < -0.3 is 15.0 Å². The zero-order valence-electron chi connectivity index (χ0n) is 12.0. The molecular formula is C14H25N3O. The quantitative estimate of drug-likeness (QED) is 0.766. The number of ether oxygens (including phenoxy) is 1. The lowest BCUT2D eigenvalue weighted by atomic mass is 10.2. The summed E-state index contributed by atoms with van der Waals surface area (Å²) < 4.78 is 5.13. The molecule has 4 nitrogen and oxygen atoms in total. The summed E-state index contributed by atoms with van der Waals surface area (Å²) in [5.74, 6) is 1.06. The molecule has 1 aromatic heterocycles. The Hall–Kier alpha value is -1.13. The molecule has 0 atom stereocenters. The molecule has 0 aromatic carbocycles. The van der Waals surface area contributed by atoms with Gasteiger partial charge in [-0.25, -0.2) is 4.98 Å². The van der Waals surface area contributed by atoms with Gasteiger partial charge >= 0.3 is 0 Å². The first-order valence-electron chi connectivity index (χ1n) is 6.63. The molecule has 0 radical (unpaired) electrons. The van der Waals surface area contributed by atoms with Crippen molar-refractivity contribution in [1.82, 2.24) is 10.3 Å². The molecular weight excluding hydrogens is 226 g/mol. The van der Waals surface area contributed by atoms with E-state index in [-0.39, 0.29) is 0 Å². The second-order valence-electron chi connectivity index (χ2n) is 4.34. The zero-order valence-corrected chi connectivity index (χ0v) is 12.0. The van der Waals surface area contributed by atoms with Crippen LogP contribution in [0.3, 0.4) is 0 Å². The Kier molecular flexibility index (Phi) is 6.68. The lowest BCUT2D eigenvalue weighted by molar-refractivity contribution is 0.205. The molecule has 0 aliphatic carbocycles. The van der Waals surface area contributed by atoms with Crippen LogP contribution in [0.25, 0.3) is 0 Å². The minimum atomic E-state index is 0.730. The van der Waals surface area contributed by atoms with Crippen LogP contribution in [0.1, 0.15) is 25.0 Å². The molecule has 1 aromatic rings. The number of hydrogen-bond acceptors (Lipinski definition) is 4. The Bertz CT molecular complexity index is 355. The number of nitrogens with one attached hydrogen (secondary N) is 1. The first-order valence-corrected chi connectivity index (χ1v) is 6.63. The predicted molar refractivity (Wildman–Crippen MR) is 76.1 cm³/mol. The van der Waals surface area contributed by atoms with E-state index in [0.717, 1.165) is 38.6 Å². The van der Waals surface area contributed by atoms with Crippen LogP contribution >= 0.6 is 0 Å². The molecule has 0 aliphatic rings. The van der Waals surface area contributed by atoms with Crippen molar-refractivity contribution in [3.63, 3.8) is 0 Å². The Morgan fingerprint density at radius 2 is 2.17 bits per heavy atom. The highest BCUT2D eigenvalue weighted by atomic mass is 16.5. The topological polar surface area (TPSA) is 37.4 Å². The van der Waals surface area contributed by atoms with Crippen LogP contribution in [0.2, 0.25) is 0 Å². The van der Waals surface area contributed by atoms with E-state index in [2.05, 4.69) is 42.0 Å². The maximum Gasteiger partial charge on any atom is 0.131 e. The summed E-state index contributed by atoms with van der Waals surface area (Å²) in [5.41, 5.74) is 2.46. The molecule has 18 heavy (non-hydrogen) atoms. The summed E-state index contributed by atoms with van der Waals surface area (Å²) >= 11 is 0. The van der Waals surface area contributed by atoms with Crippen molar-refractivity contribution in [2.75, 3.05) is 38.3 Å². The molecule has 0 spiro atoms. The fraction of sp³-hybridized carbons (Fsp3) is 0.643. The first-order chi connectivity index (χ1) is 8.72. The van der Waals surface area contributed by atoms with Gasteiger partial charge in [-0.05, 0) is 37.6 Å². The second kappa shape index (κ2) is 8.06. The summed E-state index contributed by atoms with van der Waals surface area (Å²) in [6, 6.07) is 2.21. The number of pyridine rings is 1. The van der Waals surface area contributed by atoms with Gasteiger partial charge in [0.1, 0.15) is 5.82 Å². The van der Waals surface area contributed by atoms with Crippen molar-refractivity contribution in [2.24, 2.45) is 0 Å². The van der Waals surface area contributed by atoms with E-state index in [9.17, 15) is 0 Å². The number of hydrogen-bond donors (Lipinski definition) is 1. The van der Waals surface area contributed by atoms with Crippen molar-refractivity contribution in [2.45, 2.75) is 27.3 Å². The zero-order chi connectivity index (χ0) is 13.4. The molecule has 1 rings (SSSR count). The Morgan fingerprint density at radius 3 is 2.72 bits per heavy atom. The van der Waals surface area contributed by atoms with Crippen molar-refractivity contribution in [3.05, 3.63) is 23.4 Å². The van der Waals surface area contributed by atoms with Gasteiger partial charge in [-0.15, -0.1) is 0 Å². The summed E-state index contributed by atoms with van der Waals surface area (Å²) in [5, 5.41) is 3.32. The largest absolute Gasteiger partial charge is 0.383 e. The van der Waals surface area contributed by atoms with E-state index >= 15 is 0 Å². The molecule has 4 heteroatoms. The number of anilines is 1. The maximum absolute atomic E-state index is 5.13. The van der Waals surface area contributed by atoms with E-state index in [0.29, 0.717) is 0 Å². The molecule has 1 N–H and O–H groups in total. The van der Waals surface area contributed by atoms with Crippen molar-refractivity contribution >= 4 is 5.82 Å². The van der Waals surface area contributed by atoms with E-state index in [1.54, 1.807) is 7.11 Å². The lowest BCUT2D eigenvalue weighted by Crippen LogP contribution is -2.28. The number of nitrogens with zero attached hydrogens (tertiary/aromatic N) is 2. The SMILES string of the molecule is CCNCc1cnc(N(CC)CCOC)c(C)c1. The monoisotopic (exact) mass is 251 g/mol. The second-order valence-corrected chi connectivity index (χ2v) is 4.34. The third-order valence-corrected chi connectivity index (χ3v) is 2.93. The van der Waals surface area contributed by atoms with Gasteiger partial charge in [0, 0.05) is 32.9 Å². The molecule has 0 aliphatic heterocycles. The van der Waals surface area contributed by atoms with Crippen molar-refractivity contribution in [3.8, 4) is 0 Å². The van der Waals surface area contributed by atoms with E-state index in [4.69, 9.17) is 4.74 Å². The minimum Gasteiger partial charge on any atom is -0.383 e. The predicted octanol–water partition coefficient (Wildman–Crippen LogP) is 1.97. The first kappa shape index (κ1) is 14.9. The van der Waals surface area contributed by atoms with Crippen LogP contribution in [0, 0.1) is 6.92 Å². The highest BCUT2D eigenvalue weighted by Crippen LogP contribution is 2.17. The molecule has 0 amide bonds. The molecule has 0 saturated carbocycles. The average molecular weight is 251 g/mol. The number of likely N-dealkylation sites (N-methyl/N-ethyl adjacent to an activating group) is 1.